The molecule has 13 heavy (non-hydrogen) atoms. The highest BCUT2D eigenvalue weighted by molar-refractivity contribution is 5.31. The molecule has 0 amide bonds. The van der Waals surface area contributed by atoms with E-state index in [1.54, 1.807) is 0 Å². The van der Waals surface area contributed by atoms with Crippen LogP contribution in [0.25, 0.3) is 0 Å². The Kier molecular flexibility index (Phi) is 3.75. The number of rotatable bonds is 4. The topological polar surface area (TPSA) is 0 Å². The van der Waals surface area contributed by atoms with Gasteiger partial charge in [-0.15, -0.1) is 6.58 Å². The van der Waals surface area contributed by atoms with E-state index in [-0.39, 0.29) is 0 Å². The van der Waals surface area contributed by atoms with Crippen LogP contribution in [0.2, 0.25) is 0 Å². The number of allylic oxidation sites excluding steroid dienone is 1. The minimum atomic E-state index is 1.08. The van der Waals surface area contributed by atoms with Gasteiger partial charge in [0.1, 0.15) is 0 Å². The molecular formula is C13H18. The molecule has 1 rings (SSSR count). The summed E-state index contributed by atoms with van der Waals surface area (Å²) in [6, 6.07) is 6.73. The molecule has 0 aromatic heterocycles. The first-order chi connectivity index (χ1) is 6.27. The summed E-state index contributed by atoms with van der Waals surface area (Å²) in [6.45, 7) is 8.11. The zero-order valence-corrected chi connectivity index (χ0v) is 8.64. The average molecular weight is 174 g/mol. The van der Waals surface area contributed by atoms with E-state index in [9.17, 15) is 0 Å². The average Bonchev–Trinajstić information content (AvgIpc) is 2.16. The van der Waals surface area contributed by atoms with Gasteiger partial charge in [0, 0.05) is 0 Å². The molecule has 0 heterocycles. The van der Waals surface area contributed by atoms with Gasteiger partial charge in [-0.3, -0.25) is 0 Å². The van der Waals surface area contributed by atoms with E-state index in [0.717, 1.165) is 19.3 Å². The quantitative estimate of drug-likeness (QED) is 0.611. The van der Waals surface area contributed by atoms with Gasteiger partial charge in [-0.2, -0.15) is 0 Å². The van der Waals surface area contributed by atoms with Gasteiger partial charge < -0.3 is 0 Å². The van der Waals surface area contributed by atoms with Crippen molar-refractivity contribution >= 4 is 0 Å². The highest BCUT2D eigenvalue weighted by Gasteiger charge is 1.99. The van der Waals surface area contributed by atoms with Crippen molar-refractivity contribution in [2.24, 2.45) is 0 Å². The minimum Gasteiger partial charge on any atom is -0.103 e. The lowest BCUT2D eigenvalue weighted by atomic mass is 9.99. The fourth-order valence-electron chi connectivity index (χ4n) is 1.59. The van der Waals surface area contributed by atoms with Gasteiger partial charge in [-0.25, -0.2) is 0 Å². The monoisotopic (exact) mass is 174 g/mol. The Labute approximate surface area is 81.3 Å². The summed E-state index contributed by atoms with van der Waals surface area (Å²) in [5.41, 5.74) is 4.33. The van der Waals surface area contributed by atoms with Crippen molar-refractivity contribution in [3.8, 4) is 0 Å². The van der Waals surface area contributed by atoms with E-state index < -0.39 is 0 Å². The second kappa shape index (κ2) is 4.86. The van der Waals surface area contributed by atoms with Crippen LogP contribution in [0.4, 0.5) is 0 Å². The molecule has 0 fully saturated rings. The molecule has 0 unspecified atom stereocenters. The van der Waals surface area contributed by atoms with Gasteiger partial charge in [-0.1, -0.05) is 36.8 Å². The van der Waals surface area contributed by atoms with Crippen molar-refractivity contribution in [1.82, 2.24) is 0 Å². The Morgan fingerprint density at radius 3 is 2.69 bits per heavy atom. The molecule has 0 N–H and O–H groups in total. The van der Waals surface area contributed by atoms with Crippen LogP contribution >= 0.6 is 0 Å². The highest BCUT2D eigenvalue weighted by atomic mass is 14.0. The third-order valence-electron chi connectivity index (χ3n) is 2.36. The molecule has 1 aromatic carbocycles. The van der Waals surface area contributed by atoms with Crippen molar-refractivity contribution in [2.45, 2.75) is 33.1 Å². The Morgan fingerprint density at radius 1 is 1.31 bits per heavy atom. The lowest BCUT2D eigenvalue weighted by molar-refractivity contribution is 0.960. The van der Waals surface area contributed by atoms with Crippen LogP contribution in [0.5, 0.6) is 0 Å². The Morgan fingerprint density at radius 2 is 2.08 bits per heavy atom. The third kappa shape index (κ3) is 2.73. The minimum absolute atomic E-state index is 1.08. The number of aryl methyl sites for hydroxylation is 3. The SMILES string of the molecule is C=CCCc1ccc(C)cc1CC. The van der Waals surface area contributed by atoms with Crippen molar-refractivity contribution < 1.29 is 0 Å². The molecule has 0 aliphatic carbocycles. The van der Waals surface area contributed by atoms with E-state index in [2.05, 4.69) is 38.6 Å². The van der Waals surface area contributed by atoms with Crippen LogP contribution in [0.3, 0.4) is 0 Å². The van der Waals surface area contributed by atoms with E-state index in [1.165, 1.54) is 16.7 Å². The summed E-state index contributed by atoms with van der Waals surface area (Å²) in [5.74, 6) is 0. The molecule has 0 saturated carbocycles. The normalized spacial score (nSPS) is 10.0. The third-order valence-corrected chi connectivity index (χ3v) is 2.36. The lowest BCUT2D eigenvalue weighted by Gasteiger charge is -2.07. The van der Waals surface area contributed by atoms with Crippen LogP contribution < -0.4 is 0 Å². The van der Waals surface area contributed by atoms with E-state index in [1.807, 2.05) is 6.08 Å². The maximum absolute atomic E-state index is 3.75. The summed E-state index contributed by atoms with van der Waals surface area (Å²) in [7, 11) is 0. The zero-order chi connectivity index (χ0) is 9.68. The Balaban J connectivity index is 2.85. The molecule has 1 aromatic rings. The van der Waals surface area contributed by atoms with Crippen LogP contribution in [-0.4, -0.2) is 0 Å². The van der Waals surface area contributed by atoms with Gasteiger partial charge in [0.25, 0.3) is 0 Å². The molecule has 0 saturated heterocycles. The summed E-state index contributed by atoms with van der Waals surface area (Å²) < 4.78 is 0. The van der Waals surface area contributed by atoms with Crippen LogP contribution in [0.15, 0.2) is 30.9 Å². The fourth-order valence-corrected chi connectivity index (χ4v) is 1.59. The van der Waals surface area contributed by atoms with Gasteiger partial charge in [-0.05, 0) is 37.3 Å². The standard InChI is InChI=1S/C13H18/c1-4-6-7-13-9-8-11(3)10-12(13)5-2/h4,8-10H,1,5-7H2,2-3H3. The molecule has 70 valence electrons. The fraction of sp³-hybridized carbons (Fsp3) is 0.385. The van der Waals surface area contributed by atoms with Crippen molar-refractivity contribution in [3.63, 3.8) is 0 Å². The maximum Gasteiger partial charge on any atom is -0.0242 e. The van der Waals surface area contributed by atoms with Crippen molar-refractivity contribution in [3.05, 3.63) is 47.5 Å². The first-order valence-corrected chi connectivity index (χ1v) is 4.97. The first-order valence-electron chi connectivity index (χ1n) is 4.97. The summed E-state index contributed by atoms with van der Waals surface area (Å²) in [4.78, 5) is 0. The Bertz CT molecular complexity index is 284. The molecule has 0 aliphatic heterocycles. The second-order valence-corrected chi connectivity index (χ2v) is 3.45. The number of hydrogen-bond acceptors (Lipinski definition) is 0. The molecular weight excluding hydrogens is 156 g/mol. The maximum atomic E-state index is 3.75. The molecule has 0 heteroatoms. The second-order valence-electron chi connectivity index (χ2n) is 3.45. The summed E-state index contributed by atoms with van der Waals surface area (Å²) >= 11 is 0. The van der Waals surface area contributed by atoms with E-state index in [0.29, 0.717) is 0 Å². The molecule has 0 bridgehead atoms. The molecule has 0 spiro atoms. The molecule has 0 atom stereocenters. The van der Waals surface area contributed by atoms with Gasteiger partial charge >= 0.3 is 0 Å². The summed E-state index contributed by atoms with van der Waals surface area (Å²) in [5, 5.41) is 0. The zero-order valence-electron chi connectivity index (χ0n) is 8.64. The van der Waals surface area contributed by atoms with Crippen LogP contribution in [0.1, 0.15) is 30.0 Å². The highest BCUT2D eigenvalue weighted by Crippen LogP contribution is 2.14. The Hall–Kier alpha value is -1.04. The number of hydrogen-bond donors (Lipinski definition) is 0. The molecule has 0 nitrogen and oxygen atoms in total. The van der Waals surface area contributed by atoms with Gasteiger partial charge in [0.05, 0.1) is 0 Å². The lowest BCUT2D eigenvalue weighted by Crippen LogP contribution is -1.92. The predicted molar refractivity (Wildman–Crippen MR) is 59.1 cm³/mol. The largest absolute Gasteiger partial charge is 0.103 e. The van der Waals surface area contributed by atoms with E-state index >= 15 is 0 Å². The summed E-state index contributed by atoms with van der Waals surface area (Å²) in [6.07, 6.45) is 5.33. The number of benzene rings is 1. The van der Waals surface area contributed by atoms with Gasteiger partial charge in [0.15, 0.2) is 0 Å². The molecule has 0 radical (unpaired) electrons. The first kappa shape index (κ1) is 10.0. The van der Waals surface area contributed by atoms with Gasteiger partial charge in [0.2, 0.25) is 0 Å². The van der Waals surface area contributed by atoms with Crippen LogP contribution in [0, 0.1) is 6.92 Å². The van der Waals surface area contributed by atoms with E-state index in [4.69, 9.17) is 0 Å². The smallest absolute Gasteiger partial charge is 0.0242 e. The van der Waals surface area contributed by atoms with Crippen molar-refractivity contribution in [1.29, 1.82) is 0 Å². The van der Waals surface area contributed by atoms with Crippen molar-refractivity contribution in [2.75, 3.05) is 0 Å². The van der Waals surface area contributed by atoms with Crippen LogP contribution in [-0.2, 0) is 12.8 Å². The molecule has 0 aliphatic rings. The predicted octanol–water partition coefficient (Wildman–Crippen LogP) is 3.68.